The second kappa shape index (κ2) is 5.55. The van der Waals surface area contributed by atoms with E-state index in [1.165, 1.54) is 11.1 Å². The first-order valence-electron chi connectivity index (χ1n) is 6.95. The van der Waals surface area contributed by atoms with Crippen molar-refractivity contribution < 1.29 is 9.84 Å². The molecule has 104 valence electrons. The molecule has 3 heteroatoms. The minimum Gasteiger partial charge on any atom is -0.508 e. The zero-order valence-corrected chi connectivity index (χ0v) is 11.6. The molecule has 0 aliphatic heterocycles. The number of ether oxygens (including phenoxy) is 1. The summed E-state index contributed by atoms with van der Waals surface area (Å²) in [6.07, 6.45) is 2.24. The second-order valence-corrected chi connectivity index (χ2v) is 5.17. The van der Waals surface area contributed by atoms with Crippen molar-refractivity contribution in [3.63, 3.8) is 0 Å². The van der Waals surface area contributed by atoms with Gasteiger partial charge in [-0.3, -0.25) is 0 Å². The molecule has 1 atom stereocenters. The fraction of sp³-hybridized carbons (Fsp3) is 0.294. The van der Waals surface area contributed by atoms with Crippen LogP contribution in [0.25, 0.3) is 0 Å². The van der Waals surface area contributed by atoms with Gasteiger partial charge in [-0.1, -0.05) is 24.3 Å². The third-order valence-corrected chi connectivity index (χ3v) is 3.96. The molecular weight excluding hydrogens is 250 g/mol. The molecule has 0 saturated carbocycles. The van der Waals surface area contributed by atoms with Gasteiger partial charge in [-0.05, 0) is 42.2 Å². The van der Waals surface area contributed by atoms with Gasteiger partial charge < -0.3 is 15.2 Å². The summed E-state index contributed by atoms with van der Waals surface area (Å²) in [4.78, 5) is 0. The lowest BCUT2D eigenvalue weighted by Crippen LogP contribution is -2.18. The summed E-state index contributed by atoms with van der Waals surface area (Å²) >= 11 is 0. The van der Waals surface area contributed by atoms with Crippen LogP contribution >= 0.6 is 0 Å². The van der Waals surface area contributed by atoms with Gasteiger partial charge in [0.1, 0.15) is 11.5 Å². The molecule has 20 heavy (non-hydrogen) atoms. The van der Waals surface area contributed by atoms with Gasteiger partial charge in [0.15, 0.2) is 0 Å². The van der Waals surface area contributed by atoms with Crippen LogP contribution in [0, 0.1) is 0 Å². The Morgan fingerprint density at radius 3 is 2.95 bits per heavy atom. The molecule has 2 aromatic carbocycles. The van der Waals surface area contributed by atoms with Crippen molar-refractivity contribution in [2.75, 3.05) is 7.11 Å². The maximum Gasteiger partial charge on any atom is 0.120 e. The van der Waals surface area contributed by atoms with Gasteiger partial charge in [-0.15, -0.1) is 0 Å². The molecule has 0 heterocycles. The van der Waals surface area contributed by atoms with Crippen LogP contribution in [0.4, 0.5) is 0 Å². The Bertz CT molecular complexity index is 610. The van der Waals surface area contributed by atoms with E-state index in [1.807, 2.05) is 6.07 Å². The number of hydrogen-bond donors (Lipinski definition) is 2. The number of benzene rings is 2. The summed E-state index contributed by atoms with van der Waals surface area (Å²) in [5, 5.41) is 13.4. The molecule has 0 radical (unpaired) electrons. The number of hydrogen-bond acceptors (Lipinski definition) is 3. The van der Waals surface area contributed by atoms with Crippen LogP contribution < -0.4 is 10.1 Å². The highest BCUT2D eigenvalue weighted by molar-refractivity contribution is 5.40. The molecule has 0 spiro atoms. The first kappa shape index (κ1) is 13.0. The first-order chi connectivity index (χ1) is 9.78. The van der Waals surface area contributed by atoms with E-state index in [0.717, 1.165) is 24.2 Å². The Morgan fingerprint density at radius 2 is 2.10 bits per heavy atom. The summed E-state index contributed by atoms with van der Waals surface area (Å²) in [7, 11) is 1.64. The number of rotatable bonds is 4. The number of phenols is 1. The molecule has 0 saturated heterocycles. The van der Waals surface area contributed by atoms with Crippen LogP contribution in [-0.4, -0.2) is 12.2 Å². The van der Waals surface area contributed by atoms with Crippen molar-refractivity contribution in [2.24, 2.45) is 0 Å². The van der Waals surface area contributed by atoms with Gasteiger partial charge in [0.25, 0.3) is 0 Å². The van der Waals surface area contributed by atoms with Gasteiger partial charge >= 0.3 is 0 Å². The molecule has 0 aromatic heterocycles. The van der Waals surface area contributed by atoms with E-state index < -0.39 is 0 Å². The smallest absolute Gasteiger partial charge is 0.120 e. The van der Waals surface area contributed by atoms with E-state index in [4.69, 9.17) is 4.74 Å². The molecule has 3 nitrogen and oxygen atoms in total. The van der Waals surface area contributed by atoms with Crippen LogP contribution in [0.1, 0.15) is 29.2 Å². The fourth-order valence-corrected chi connectivity index (χ4v) is 2.83. The number of aryl methyl sites for hydroxylation is 1. The van der Waals surface area contributed by atoms with Gasteiger partial charge in [0.05, 0.1) is 7.11 Å². The van der Waals surface area contributed by atoms with Crippen molar-refractivity contribution in [3.05, 3.63) is 59.2 Å². The lowest BCUT2D eigenvalue weighted by atomic mass is 10.1. The lowest BCUT2D eigenvalue weighted by molar-refractivity contribution is 0.409. The van der Waals surface area contributed by atoms with Crippen LogP contribution in [0.5, 0.6) is 11.5 Å². The molecule has 2 aromatic rings. The third kappa shape index (κ3) is 2.49. The van der Waals surface area contributed by atoms with Crippen molar-refractivity contribution in [1.82, 2.24) is 5.32 Å². The third-order valence-electron chi connectivity index (χ3n) is 3.96. The maximum atomic E-state index is 9.90. The highest BCUT2D eigenvalue weighted by Gasteiger charge is 2.21. The van der Waals surface area contributed by atoms with Gasteiger partial charge in [0.2, 0.25) is 0 Å². The second-order valence-electron chi connectivity index (χ2n) is 5.17. The quantitative estimate of drug-likeness (QED) is 0.895. The lowest BCUT2D eigenvalue weighted by Gasteiger charge is -2.15. The Balaban J connectivity index is 1.72. The largest absolute Gasteiger partial charge is 0.508 e. The zero-order valence-electron chi connectivity index (χ0n) is 11.6. The topological polar surface area (TPSA) is 41.5 Å². The number of nitrogens with one attached hydrogen (secondary N) is 1. The van der Waals surface area contributed by atoms with Gasteiger partial charge in [-0.2, -0.15) is 0 Å². The minimum absolute atomic E-state index is 0.310. The van der Waals surface area contributed by atoms with Crippen molar-refractivity contribution in [3.8, 4) is 11.5 Å². The predicted molar refractivity (Wildman–Crippen MR) is 79.0 cm³/mol. The normalized spacial score (nSPS) is 16.9. The van der Waals surface area contributed by atoms with E-state index >= 15 is 0 Å². The monoisotopic (exact) mass is 269 g/mol. The fourth-order valence-electron chi connectivity index (χ4n) is 2.83. The van der Waals surface area contributed by atoms with Crippen LogP contribution in [0.2, 0.25) is 0 Å². The van der Waals surface area contributed by atoms with Crippen molar-refractivity contribution in [2.45, 2.75) is 25.4 Å². The number of phenolic OH excluding ortho intramolecular Hbond substituents is 1. The van der Waals surface area contributed by atoms with E-state index in [2.05, 4.69) is 29.6 Å². The van der Waals surface area contributed by atoms with Crippen molar-refractivity contribution >= 4 is 0 Å². The van der Waals surface area contributed by atoms with Crippen molar-refractivity contribution in [1.29, 1.82) is 0 Å². The summed E-state index contributed by atoms with van der Waals surface area (Å²) in [6, 6.07) is 14.3. The summed E-state index contributed by atoms with van der Waals surface area (Å²) < 4.78 is 5.20. The first-order valence-corrected chi connectivity index (χ1v) is 6.95. The van der Waals surface area contributed by atoms with Crippen LogP contribution in [0.3, 0.4) is 0 Å². The minimum atomic E-state index is 0.310. The number of methoxy groups -OCH3 is 1. The Labute approximate surface area is 119 Å². The summed E-state index contributed by atoms with van der Waals surface area (Å²) in [5.41, 5.74) is 3.68. The predicted octanol–water partition coefficient (Wildman–Crippen LogP) is 3.18. The van der Waals surface area contributed by atoms with Gasteiger partial charge in [-0.25, -0.2) is 0 Å². The molecule has 1 aliphatic rings. The van der Waals surface area contributed by atoms with Crippen LogP contribution in [0.15, 0.2) is 42.5 Å². The Morgan fingerprint density at radius 1 is 1.25 bits per heavy atom. The highest BCUT2D eigenvalue weighted by atomic mass is 16.5. The Kier molecular flexibility index (Phi) is 3.61. The Hall–Kier alpha value is -2.00. The van der Waals surface area contributed by atoms with E-state index in [1.54, 1.807) is 19.2 Å². The number of aromatic hydroxyl groups is 1. The maximum absolute atomic E-state index is 9.90. The van der Waals surface area contributed by atoms with Gasteiger partial charge in [0, 0.05) is 18.2 Å². The summed E-state index contributed by atoms with van der Waals surface area (Å²) in [6.45, 7) is 0.641. The molecule has 2 N–H and O–H groups in total. The molecular formula is C17H19NO2. The van der Waals surface area contributed by atoms with Crippen LogP contribution in [-0.2, 0) is 13.0 Å². The van der Waals surface area contributed by atoms with E-state index in [0.29, 0.717) is 18.3 Å². The molecule has 3 rings (SSSR count). The van der Waals surface area contributed by atoms with E-state index in [-0.39, 0.29) is 0 Å². The molecule has 1 aliphatic carbocycles. The zero-order chi connectivity index (χ0) is 13.9. The summed E-state index contributed by atoms with van der Waals surface area (Å²) in [5.74, 6) is 1.08. The van der Waals surface area contributed by atoms with E-state index in [9.17, 15) is 5.11 Å². The molecule has 0 amide bonds. The molecule has 0 bridgehead atoms. The highest BCUT2D eigenvalue weighted by Crippen LogP contribution is 2.31. The standard InChI is InChI=1S/C17H19NO2/c1-20-14-7-9-17(19)13(10-14)11-18-16-8-6-12-4-2-3-5-15(12)16/h2-5,7,9-10,16,18-19H,6,8,11H2,1H3. The molecule has 1 unspecified atom stereocenters. The molecule has 0 fully saturated rings. The average molecular weight is 269 g/mol. The number of fused-ring (bicyclic) bond motifs is 1. The SMILES string of the molecule is COc1ccc(O)c(CNC2CCc3ccccc32)c1. The average Bonchev–Trinajstić information content (AvgIpc) is 2.90.